The molecule has 1 aliphatic rings. The van der Waals surface area contributed by atoms with Crippen LogP contribution >= 0.6 is 0 Å². The Kier molecular flexibility index (Phi) is 7.03. The lowest BCUT2D eigenvalue weighted by Crippen LogP contribution is -2.34. The predicted octanol–water partition coefficient (Wildman–Crippen LogP) is 5.78. The lowest BCUT2D eigenvalue weighted by atomic mass is 9.97. The lowest BCUT2D eigenvalue weighted by molar-refractivity contribution is 0.0127. The van der Waals surface area contributed by atoms with Gasteiger partial charge in [-0.15, -0.1) is 0 Å². The van der Waals surface area contributed by atoms with Gasteiger partial charge in [0.15, 0.2) is 5.78 Å². The van der Waals surface area contributed by atoms with Crippen molar-refractivity contribution in [1.82, 2.24) is 9.97 Å². The van der Waals surface area contributed by atoms with Gasteiger partial charge in [-0.25, -0.2) is 9.37 Å². The fraction of sp³-hybridized carbons (Fsp3) is 0.241. The number of ether oxygens (including phenoxy) is 2. The molecule has 0 aliphatic carbocycles. The number of ketones is 1. The highest BCUT2D eigenvalue weighted by Gasteiger charge is 2.26. The minimum Gasteiger partial charge on any atom is -0.457 e. The maximum Gasteiger partial charge on any atom is 0.195 e. The summed E-state index contributed by atoms with van der Waals surface area (Å²) in [6.45, 7) is 2.19. The number of aromatic amines is 1. The Morgan fingerprint density at radius 1 is 1.21 bits per heavy atom. The quantitative estimate of drug-likeness (QED) is 0.303. The molecule has 5 rings (SSSR count). The Labute approximate surface area is 218 Å². The average molecular weight is 510 g/mol. The molecule has 0 saturated carbocycles. The van der Waals surface area contributed by atoms with Crippen LogP contribution in [0.3, 0.4) is 0 Å². The summed E-state index contributed by atoms with van der Waals surface area (Å²) in [7, 11) is 0. The number of halogens is 1. The number of rotatable bonds is 7. The first kappa shape index (κ1) is 24.9. The number of nitrogens with zero attached hydrogens (tertiary/aromatic N) is 3. The van der Waals surface area contributed by atoms with Crippen molar-refractivity contribution in [3.63, 3.8) is 0 Å². The molecule has 0 amide bonds. The van der Waals surface area contributed by atoms with E-state index in [4.69, 9.17) is 14.7 Å². The Balaban J connectivity index is 1.44. The number of carbonyl (C=O) groups excluding carboxylic acids is 1. The van der Waals surface area contributed by atoms with Crippen molar-refractivity contribution in [2.24, 2.45) is 0 Å². The van der Waals surface area contributed by atoms with Gasteiger partial charge in [0.05, 0.1) is 47.4 Å². The molecule has 9 heteroatoms. The Morgan fingerprint density at radius 3 is 2.76 bits per heavy atom. The molecule has 38 heavy (non-hydrogen) atoms. The lowest BCUT2D eigenvalue weighted by Gasteiger charge is -2.29. The maximum absolute atomic E-state index is 13.7. The van der Waals surface area contributed by atoms with Gasteiger partial charge in [0, 0.05) is 30.1 Å². The first-order valence-electron chi connectivity index (χ1n) is 12.2. The maximum atomic E-state index is 13.7. The highest BCUT2D eigenvalue weighted by atomic mass is 19.1. The van der Waals surface area contributed by atoms with E-state index in [1.54, 1.807) is 43.5 Å². The first-order chi connectivity index (χ1) is 18.5. The molecule has 1 aliphatic heterocycles. The van der Waals surface area contributed by atoms with E-state index in [1.165, 1.54) is 18.3 Å². The minimum atomic E-state index is -0.401. The third-order valence-electron chi connectivity index (χ3n) is 6.58. The van der Waals surface area contributed by atoms with Crippen LogP contribution in [0.4, 0.5) is 10.1 Å². The number of benzene rings is 2. The van der Waals surface area contributed by atoms with Gasteiger partial charge < -0.3 is 19.8 Å². The zero-order chi connectivity index (χ0) is 26.6. The average Bonchev–Trinajstić information content (AvgIpc) is 3.35. The van der Waals surface area contributed by atoms with Crippen LogP contribution in [0.25, 0.3) is 11.0 Å². The molecule has 1 saturated heterocycles. The number of hydrogen-bond acceptors (Lipinski definition) is 7. The second-order valence-corrected chi connectivity index (χ2v) is 9.19. The molecule has 190 valence electrons. The minimum absolute atomic E-state index is 0.0820. The first-order valence-corrected chi connectivity index (χ1v) is 12.2. The van der Waals surface area contributed by atoms with E-state index >= 15 is 0 Å². The van der Waals surface area contributed by atoms with Crippen molar-refractivity contribution < 1.29 is 18.7 Å². The van der Waals surface area contributed by atoms with E-state index in [9.17, 15) is 14.4 Å². The molecule has 2 atom stereocenters. The zero-order valence-electron chi connectivity index (χ0n) is 20.6. The molecule has 0 unspecified atom stereocenters. The fourth-order valence-corrected chi connectivity index (χ4v) is 4.66. The highest BCUT2D eigenvalue weighted by Crippen LogP contribution is 2.33. The number of nitriles is 2. The third kappa shape index (κ3) is 5.06. The monoisotopic (exact) mass is 509 g/mol. The van der Waals surface area contributed by atoms with Crippen molar-refractivity contribution in [1.29, 1.82) is 10.5 Å². The normalized spacial score (nSPS) is 16.9. The van der Waals surface area contributed by atoms with Gasteiger partial charge in [0.25, 0.3) is 0 Å². The summed E-state index contributed by atoms with van der Waals surface area (Å²) in [5.74, 6) is 0.199. The number of anilines is 1. The van der Waals surface area contributed by atoms with Crippen LogP contribution in [-0.4, -0.2) is 34.5 Å². The van der Waals surface area contributed by atoms with Crippen LogP contribution in [0.2, 0.25) is 0 Å². The standard InChI is InChI=1S/C29H24FN5O3/c1-17-11-23(38-22-4-2-3-19(30)12-22)7-8-24(17)28(36)25-15-34-29-26(25)27(18(13-32)14-33-29)35-20-5-6-21(9-10-31)37-16-20/h2-4,7-8,11-12,14-15,20-21H,5-6,9,16H2,1H3,(H2,33,34,35)/t20-,21+/m1/s1. The van der Waals surface area contributed by atoms with Crippen molar-refractivity contribution in [3.8, 4) is 23.6 Å². The van der Waals surface area contributed by atoms with E-state index in [1.807, 2.05) is 0 Å². The molecule has 0 spiro atoms. The molecule has 8 nitrogen and oxygen atoms in total. The van der Waals surface area contributed by atoms with Gasteiger partial charge in [-0.05, 0) is 55.7 Å². The second-order valence-electron chi connectivity index (χ2n) is 9.19. The van der Waals surface area contributed by atoms with Gasteiger partial charge >= 0.3 is 0 Å². The number of aryl methyl sites for hydroxylation is 1. The van der Waals surface area contributed by atoms with Crippen molar-refractivity contribution in [2.75, 3.05) is 11.9 Å². The summed E-state index contributed by atoms with van der Waals surface area (Å²) >= 11 is 0. The largest absolute Gasteiger partial charge is 0.457 e. The molecule has 0 bridgehead atoms. The van der Waals surface area contributed by atoms with Gasteiger partial charge in [-0.3, -0.25) is 4.79 Å². The van der Waals surface area contributed by atoms with E-state index < -0.39 is 5.82 Å². The van der Waals surface area contributed by atoms with Crippen LogP contribution < -0.4 is 10.1 Å². The second kappa shape index (κ2) is 10.7. The molecule has 1 fully saturated rings. The number of pyridine rings is 1. The predicted molar refractivity (Wildman–Crippen MR) is 139 cm³/mol. The molecule has 2 N–H and O–H groups in total. The summed E-state index contributed by atoms with van der Waals surface area (Å²) < 4.78 is 25.1. The molecule has 3 heterocycles. The number of fused-ring (bicyclic) bond motifs is 1. The number of hydrogen-bond donors (Lipinski definition) is 2. The zero-order valence-corrected chi connectivity index (χ0v) is 20.6. The number of H-pyrrole nitrogens is 1. The summed E-state index contributed by atoms with van der Waals surface area (Å²) in [4.78, 5) is 21.1. The Morgan fingerprint density at radius 2 is 2.05 bits per heavy atom. The van der Waals surface area contributed by atoms with E-state index in [0.29, 0.717) is 63.5 Å². The van der Waals surface area contributed by atoms with Crippen LogP contribution in [0.1, 0.15) is 46.3 Å². The summed E-state index contributed by atoms with van der Waals surface area (Å²) in [6, 6.07) is 15.1. The molecular formula is C29H24FN5O3. The summed E-state index contributed by atoms with van der Waals surface area (Å²) in [6.07, 6.45) is 4.82. The van der Waals surface area contributed by atoms with Crippen LogP contribution in [0.5, 0.6) is 11.5 Å². The SMILES string of the molecule is Cc1cc(Oc2cccc(F)c2)ccc1C(=O)c1c[nH]c2ncc(C#N)c(N[C@@H]3CC[C@@H](CC#N)OC3)c12. The van der Waals surface area contributed by atoms with E-state index in [0.717, 1.165) is 12.8 Å². The van der Waals surface area contributed by atoms with E-state index in [2.05, 4.69) is 27.4 Å². The van der Waals surface area contributed by atoms with Gasteiger partial charge in [-0.1, -0.05) is 6.07 Å². The van der Waals surface area contributed by atoms with Gasteiger partial charge in [0.1, 0.15) is 29.0 Å². The number of nitrogens with one attached hydrogen (secondary N) is 2. The molecule has 0 radical (unpaired) electrons. The topological polar surface area (TPSA) is 124 Å². The van der Waals surface area contributed by atoms with Gasteiger partial charge in [0.2, 0.25) is 0 Å². The Hall–Kier alpha value is -4.73. The molecule has 2 aromatic carbocycles. The molecule has 2 aromatic heterocycles. The van der Waals surface area contributed by atoms with E-state index in [-0.39, 0.29) is 17.9 Å². The summed E-state index contributed by atoms with van der Waals surface area (Å²) in [5, 5.41) is 22.6. The number of carbonyl (C=O) groups is 1. The number of aromatic nitrogens is 2. The fourth-order valence-electron chi connectivity index (χ4n) is 4.66. The summed E-state index contributed by atoms with van der Waals surface area (Å²) in [5.41, 5.74) is 2.86. The van der Waals surface area contributed by atoms with Crippen molar-refractivity contribution in [3.05, 3.63) is 82.9 Å². The molecular weight excluding hydrogens is 485 g/mol. The van der Waals surface area contributed by atoms with Crippen molar-refractivity contribution in [2.45, 2.75) is 38.3 Å². The highest BCUT2D eigenvalue weighted by molar-refractivity contribution is 6.19. The van der Waals surface area contributed by atoms with Crippen molar-refractivity contribution >= 4 is 22.5 Å². The third-order valence-corrected chi connectivity index (χ3v) is 6.58. The molecule has 4 aromatic rings. The van der Waals surface area contributed by atoms with Crippen LogP contribution in [-0.2, 0) is 4.74 Å². The van der Waals surface area contributed by atoms with Crippen LogP contribution in [0, 0.1) is 35.4 Å². The van der Waals surface area contributed by atoms with Gasteiger partial charge in [-0.2, -0.15) is 10.5 Å². The smallest absolute Gasteiger partial charge is 0.195 e. The van der Waals surface area contributed by atoms with Crippen LogP contribution in [0.15, 0.2) is 54.9 Å². The Bertz CT molecular complexity index is 1590.